The van der Waals surface area contributed by atoms with Gasteiger partial charge >= 0.3 is 0 Å². The van der Waals surface area contributed by atoms with E-state index < -0.39 is 0 Å². The average molecular weight is 325 g/mol. The molecule has 0 heterocycles. The lowest BCUT2D eigenvalue weighted by Crippen LogP contribution is -1.92. The molecule has 23 heavy (non-hydrogen) atoms. The van der Waals surface area contributed by atoms with Crippen molar-refractivity contribution in [3.05, 3.63) is 89.5 Å². The predicted octanol–water partition coefficient (Wildman–Crippen LogP) is 5.20. The summed E-state index contributed by atoms with van der Waals surface area (Å²) >= 11 is 5.82. The van der Waals surface area contributed by atoms with Crippen molar-refractivity contribution in [3.8, 4) is 5.75 Å². The van der Waals surface area contributed by atoms with Crippen LogP contribution in [0.2, 0.25) is 5.02 Å². The largest absolute Gasteiger partial charge is 0.490 e. The average Bonchev–Trinajstić information content (AvgIpc) is 2.58. The van der Waals surface area contributed by atoms with Gasteiger partial charge in [0.25, 0.3) is 0 Å². The molecule has 0 bridgehead atoms. The van der Waals surface area contributed by atoms with Gasteiger partial charge in [-0.05, 0) is 47.5 Å². The molecule has 0 aromatic heterocycles. The number of rotatable bonds is 7. The van der Waals surface area contributed by atoms with Gasteiger partial charge in [-0.2, -0.15) is 0 Å². The Kier molecular flexibility index (Phi) is 6.40. The molecule has 0 aliphatic rings. The zero-order chi connectivity index (χ0) is 16.5. The van der Waals surface area contributed by atoms with Crippen LogP contribution in [0.5, 0.6) is 5.75 Å². The number of halogens is 1. The molecular weight excluding hydrogens is 308 g/mol. The second-order valence-corrected chi connectivity index (χ2v) is 5.23. The predicted molar refractivity (Wildman–Crippen MR) is 96.7 cm³/mol. The van der Waals surface area contributed by atoms with Gasteiger partial charge in [-0.25, -0.2) is 0 Å². The summed E-state index contributed by atoms with van der Waals surface area (Å²) in [4.78, 5) is 11.8. The smallest absolute Gasteiger partial charge is 0.178 e. The van der Waals surface area contributed by atoms with Crippen molar-refractivity contribution >= 4 is 29.5 Å². The number of allylic oxidation sites excluding steroid dienone is 2. The molecule has 0 atom stereocenters. The second kappa shape index (κ2) is 8.76. The number of benzene rings is 2. The van der Waals surface area contributed by atoms with Crippen molar-refractivity contribution < 1.29 is 9.53 Å². The van der Waals surface area contributed by atoms with E-state index in [1.807, 2.05) is 36.4 Å². The maximum Gasteiger partial charge on any atom is 0.178 e. The van der Waals surface area contributed by atoms with Gasteiger partial charge in [0.2, 0.25) is 0 Å². The lowest BCUT2D eigenvalue weighted by molar-refractivity contribution is -0.110. The molecule has 0 aliphatic carbocycles. The third kappa shape index (κ3) is 5.97. The van der Waals surface area contributed by atoms with Crippen LogP contribution in [0.3, 0.4) is 0 Å². The Labute approximate surface area is 141 Å². The Morgan fingerprint density at radius 3 is 2.00 bits per heavy atom. The lowest BCUT2D eigenvalue weighted by Gasteiger charge is -2.02. The summed E-state index contributed by atoms with van der Waals surface area (Å²) in [5.74, 6) is 0.697. The van der Waals surface area contributed by atoms with Crippen molar-refractivity contribution in [2.24, 2.45) is 0 Å². The zero-order valence-electron chi connectivity index (χ0n) is 12.6. The molecule has 0 unspecified atom stereocenters. The molecule has 0 aliphatic heterocycles. The summed E-state index contributed by atoms with van der Waals surface area (Å²) in [5.41, 5.74) is 1.86. The number of hydrogen-bond donors (Lipinski definition) is 0. The lowest BCUT2D eigenvalue weighted by atomic mass is 10.1. The van der Waals surface area contributed by atoms with Crippen LogP contribution in [0.15, 0.2) is 73.3 Å². The van der Waals surface area contributed by atoms with Crippen LogP contribution in [0.25, 0.3) is 12.2 Å². The first-order chi connectivity index (χ1) is 11.2. The summed E-state index contributed by atoms with van der Waals surface area (Å²) in [6.45, 7) is 4.07. The van der Waals surface area contributed by atoms with Gasteiger partial charge in [0.15, 0.2) is 5.78 Å². The Morgan fingerprint density at radius 1 is 0.957 bits per heavy atom. The third-order valence-electron chi connectivity index (χ3n) is 3.00. The molecule has 116 valence electrons. The van der Waals surface area contributed by atoms with Gasteiger partial charge in [-0.3, -0.25) is 4.79 Å². The van der Waals surface area contributed by atoms with Crippen LogP contribution >= 0.6 is 11.6 Å². The highest BCUT2D eigenvalue weighted by Crippen LogP contribution is 2.13. The van der Waals surface area contributed by atoms with Crippen LogP contribution < -0.4 is 4.74 Å². The van der Waals surface area contributed by atoms with Crippen LogP contribution in [0.1, 0.15) is 11.1 Å². The Bertz CT molecular complexity index is 710. The first kappa shape index (κ1) is 16.8. The normalized spacial score (nSPS) is 11.0. The first-order valence-electron chi connectivity index (χ1n) is 7.17. The van der Waals surface area contributed by atoms with Crippen LogP contribution in [-0.2, 0) is 4.79 Å². The molecule has 0 radical (unpaired) electrons. The minimum atomic E-state index is -0.0769. The fraction of sp³-hybridized carbons (Fsp3) is 0.0500. The second-order valence-electron chi connectivity index (χ2n) is 4.79. The van der Waals surface area contributed by atoms with Gasteiger partial charge in [0, 0.05) is 5.02 Å². The molecule has 2 aromatic rings. The molecular formula is C20H17ClO2. The third-order valence-corrected chi connectivity index (χ3v) is 3.25. The summed E-state index contributed by atoms with van der Waals surface area (Å²) in [6.07, 6.45) is 8.29. The highest BCUT2D eigenvalue weighted by molar-refractivity contribution is 6.30. The molecule has 0 fully saturated rings. The number of carbonyl (C=O) groups is 1. The minimum absolute atomic E-state index is 0.0769. The molecule has 2 rings (SSSR count). The molecule has 0 N–H and O–H groups in total. The van der Waals surface area contributed by atoms with Gasteiger partial charge in [-0.1, -0.05) is 60.7 Å². The summed E-state index contributed by atoms with van der Waals surface area (Å²) in [5, 5.41) is 0.675. The van der Waals surface area contributed by atoms with Gasteiger partial charge < -0.3 is 4.74 Å². The van der Waals surface area contributed by atoms with Crippen LogP contribution in [0.4, 0.5) is 0 Å². The maximum atomic E-state index is 11.8. The quantitative estimate of drug-likeness (QED) is 0.517. The standard InChI is InChI=1S/C20H17ClO2/c1-2-15-23-20-13-7-17(8-14-20)6-12-19(22)11-5-16-3-9-18(21)10-4-16/h2-14H,1,15H2/b11-5+,12-6+. The summed E-state index contributed by atoms with van der Waals surface area (Å²) < 4.78 is 5.40. The van der Waals surface area contributed by atoms with E-state index in [1.165, 1.54) is 12.2 Å². The molecule has 0 amide bonds. The SMILES string of the molecule is C=CCOc1ccc(/C=C/C(=O)/C=C/c2ccc(Cl)cc2)cc1. The molecule has 2 nitrogen and oxygen atoms in total. The highest BCUT2D eigenvalue weighted by atomic mass is 35.5. The topological polar surface area (TPSA) is 26.3 Å². The number of carbonyl (C=O) groups excluding carboxylic acids is 1. The highest BCUT2D eigenvalue weighted by Gasteiger charge is 1.94. The monoisotopic (exact) mass is 324 g/mol. The Morgan fingerprint density at radius 2 is 1.48 bits per heavy atom. The Balaban J connectivity index is 1.92. The fourth-order valence-electron chi connectivity index (χ4n) is 1.82. The Hall–Kier alpha value is -2.58. The van der Waals surface area contributed by atoms with Crippen molar-refractivity contribution in [1.29, 1.82) is 0 Å². The molecule has 0 saturated carbocycles. The van der Waals surface area contributed by atoms with E-state index in [4.69, 9.17) is 16.3 Å². The molecule has 0 spiro atoms. The number of hydrogen-bond acceptors (Lipinski definition) is 2. The van der Waals surface area contributed by atoms with Crippen molar-refractivity contribution in [1.82, 2.24) is 0 Å². The fourth-order valence-corrected chi connectivity index (χ4v) is 1.94. The molecule has 3 heteroatoms. The van der Waals surface area contributed by atoms with Crippen molar-refractivity contribution in [2.45, 2.75) is 0 Å². The number of ketones is 1. The van der Waals surface area contributed by atoms with E-state index in [2.05, 4.69) is 6.58 Å². The number of ether oxygens (including phenoxy) is 1. The van der Waals surface area contributed by atoms with Crippen LogP contribution in [0, 0.1) is 0 Å². The summed E-state index contributed by atoms with van der Waals surface area (Å²) in [6, 6.07) is 14.8. The van der Waals surface area contributed by atoms with Crippen molar-refractivity contribution in [3.63, 3.8) is 0 Å². The van der Waals surface area contributed by atoms with Gasteiger partial charge in [0.1, 0.15) is 12.4 Å². The van der Waals surface area contributed by atoms with E-state index in [9.17, 15) is 4.79 Å². The van der Waals surface area contributed by atoms with E-state index in [-0.39, 0.29) is 5.78 Å². The zero-order valence-corrected chi connectivity index (χ0v) is 13.4. The van der Waals surface area contributed by atoms with E-state index >= 15 is 0 Å². The summed E-state index contributed by atoms with van der Waals surface area (Å²) in [7, 11) is 0. The molecule has 0 saturated heterocycles. The van der Waals surface area contributed by atoms with E-state index in [1.54, 1.807) is 30.4 Å². The van der Waals surface area contributed by atoms with E-state index in [0.717, 1.165) is 16.9 Å². The van der Waals surface area contributed by atoms with Crippen LogP contribution in [-0.4, -0.2) is 12.4 Å². The maximum absolute atomic E-state index is 11.8. The van der Waals surface area contributed by atoms with Gasteiger partial charge in [0.05, 0.1) is 0 Å². The minimum Gasteiger partial charge on any atom is -0.490 e. The van der Waals surface area contributed by atoms with Gasteiger partial charge in [-0.15, -0.1) is 0 Å². The molecule has 2 aromatic carbocycles. The van der Waals surface area contributed by atoms with E-state index in [0.29, 0.717) is 11.6 Å². The first-order valence-corrected chi connectivity index (χ1v) is 7.54. The van der Waals surface area contributed by atoms with Crippen molar-refractivity contribution in [2.75, 3.05) is 6.61 Å².